The summed E-state index contributed by atoms with van der Waals surface area (Å²) in [4.78, 5) is 3.39. The van der Waals surface area contributed by atoms with E-state index in [0.717, 1.165) is 16.5 Å². The molecule has 0 amide bonds. The first-order valence-corrected chi connectivity index (χ1v) is 7.75. The Labute approximate surface area is 117 Å². The summed E-state index contributed by atoms with van der Waals surface area (Å²) < 4.78 is 27.0. The lowest BCUT2D eigenvalue weighted by atomic mass is 10.1. The Morgan fingerprint density at radius 3 is 2.55 bits per heavy atom. The molecule has 2 N–H and O–H groups in total. The number of sulfonamides is 1. The summed E-state index contributed by atoms with van der Waals surface area (Å²) in [6.07, 6.45) is 1.85. The van der Waals surface area contributed by atoms with E-state index in [2.05, 4.69) is 9.71 Å². The third kappa shape index (κ3) is 2.45. The molecule has 0 bridgehead atoms. The highest BCUT2D eigenvalue weighted by Gasteiger charge is 2.13. The largest absolute Gasteiger partial charge is 0.361 e. The van der Waals surface area contributed by atoms with Gasteiger partial charge in [0, 0.05) is 23.6 Å². The van der Waals surface area contributed by atoms with Gasteiger partial charge in [-0.05, 0) is 29.8 Å². The zero-order valence-electron chi connectivity index (χ0n) is 10.7. The average Bonchev–Trinajstić information content (AvgIpc) is 2.95. The second-order valence-corrected chi connectivity index (χ2v) is 6.26. The second kappa shape index (κ2) is 5.11. The van der Waals surface area contributed by atoms with Crippen molar-refractivity contribution in [3.05, 3.63) is 66.4 Å². The van der Waals surface area contributed by atoms with Crippen molar-refractivity contribution in [3.8, 4) is 0 Å². The number of aromatic amines is 1. The van der Waals surface area contributed by atoms with Gasteiger partial charge >= 0.3 is 0 Å². The van der Waals surface area contributed by atoms with E-state index >= 15 is 0 Å². The van der Waals surface area contributed by atoms with Crippen molar-refractivity contribution in [1.82, 2.24) is 9.71 Å². The van der Waals surface area contributed by atoms with Gasteiger partial charge in [0.2, 0.25) is 10.0 Å². The van der Waals surface area contributed by atoms with E-state index in [1.54, 1.807) is 30.3 Å². The molecule has 0 spiro atoms. The van der Waals surface area contributed by atoms with Crippen LogP contribution in [-0.2, 0) is 16.6 Å². The smallest absolute Gasteiger partial charge is 0.240 e. The van der Waals surface area contributed by atoms with Crippen molar-refractivity contribution in [1.29, 1.82) is 0 Å². The van der Waals surface area contributed by atoms with Crippen LogP contribution < -0.4 is 4.72 Å². The fourth-order valence-corrected chi connectivity index (χ4v) is 3.19. The maximum atomic E-state index is 12.2. The van der Waals surface area contributed by atoms with Crippen molar-refractivity contribution < 1.29 is 8.42 Å². The van der Waals surface area contributed by atoms with Gasteiger partial charge in [-0.2, -0.15) is 0 Å². The molecular weight excluding hydrogens is 272 g/mol. The number of aromatic nitrogens is 1. The zero-order valence-corrected chi connectivity index (χ0v) is 11.5. The molecule has 0 aliphatic rings. The summed E-state index contributed by atoms with van der Waals surface area (Å²) in [6, 6.07) is 16.1. The molecule has 5 heteroatoms. The molecule has 2 aromatic carbocycles. The summed E-state index contributed by atoms with van der Waals surface area (Å²) in [5.41, 5.74) is 1.95. The van der Waals surface area contributed by atoms with Crippen LogP contribution in [0.4, 0.5) is 0 Å². The van der Waals surface area contributed by atoms with E-state index in [4.69, 9.17) is 0 Å². The van der Waals surface area contributed by atoms with Gasteiger partial charge in [0.25, 0.3) is 0 Å². The van der Waals surface area contributed by atoms with E-state index in [9.17, 15) is 8.42 Å². The molecule has 0 fully saturated rings. The first-order valence-electron chi connectivity index (χ1n) is 6.26. The minimum Gasteiger partial charge on any atom is -0.361 e. The third-order valence-electron chi connectivity index (χ3n) is 3.19. The number of hydrogen-bond donors (Lipinski definition) is 2. The predicted molar refractivity (Wildman–Crippen MR) is 78.8 cm³/mol. The summed E-state index contributed by atoms with van der Waals surface area (Å²) in [7, 11) is -3.47. The lowest BCUT2D eigenvalue weighted by Gasteiger charge is -2.07. The molecule has 102 valence electrons. The highest BCUT2D eigenvalue weighted by molar-refractivity contribution is 7.89. The molecule has 0 radical (unpaired) electrons. The SMILES string of the molecule is O=S(=O)(NCc1cccc2[nH]ccc12)c1ccccc1. The van der Waals surface area contributed by atoms with Crippen molar-refractivity contribution in [3.63, 3.8) is 0 Å². The van der Waals surface area contributed by atoms with Gasteiger partial charge in [-0.1, -0.05) is 30.3 Å². The zero-order chi connectivity index (χ0) is 14.0. The number of benzene rings is 2. The van der Waals surface area contributed by atoms with Crippen LogP contribution in [0.15, 0.2) is 65.7 Å². The van der Waals surface area contributed by atoms with Crippen LogP contribution >= 0.6 is 0 Å². The van der Waals surface area contributed by atoms with Crippen LogP contribution in [-0.4, -0.2) is 13.4 Å². The van der Waals surface area contributed by atoms with Crippen LogP contribution in [0.2, 0.25) is 0 Å². The maximum absolute atomic E-state index is 12.2. The van der Waals surface area contributed by atoms with Gasteiger partial charge in [-0.25, -0.2) is 13.1 Å². The van der Waals surface area contributed by atoms with E-state index < -0.39 is 10.0 Å². The second-order valence-electron chi connectivity index (χ2n) is 4.49. The molecule has 0 unspecified atom stereocenters. The molecule has 1 aromatic heterocycles. The van der Waals surface area contributed by atoms with Gasteiger partial charge in [0.1, 0.15) is 0 Å². The lowest BCUT2D eigenvalue weighted by molar-refractivity contribution is 0.581. The fraction of sp³-hybridized carbons (Fsp3) is 0.0667. The number of rotatable bonds is 4. The third-order valence-corrected chi connectivity index (χ3v) is 4.61. The minimum absolute atomic E-state index is 0.270. The van der Waals surface area contributed by atoms with Gasteiger partial charge in [0.15, 0.2) is 0 Å². The van der Waals surface area contributed by atoms with Crippen LogP contribution in [0, 0.1) is 0 Å². The molecule has 0 aliphatic heterocycles. The molecular formula is C15H14N2O2S. The first-order chi connectivity index (χ1) is 9.67. The van der Waals surface area contributed by atoms with Gasteiger partial charge in [-0.15, -0.1) is 0 Å². The lowest BCUT2D eigenvalue weighted by Crippen LogP contribution is -2.23. The molecule has 3 aromatic rings. The molecule has 0 atom stereocenters. The molecule has 0 saturated carbocycles. The summed E-state index contributed by atoms with van der Waals surface area (Å²) in [5, 5.41) is 1.03. The summed E-state index contributed by atoms with van der Waals surface area (Å²) in [6.45, 7) is 0.270. The minimum atomic E-state index is -3.47. The van der Waals surface area contributed by atoms with E-state index in [1.165, 1.54) is 0 Å². The van der Waals surface area contributed by atoms with Crippen LogP contribution in [0.3, 0.4) is 0 Å². The highest BCUT2D eigenvalue weighted by Crippen LogP contribution is 2.18. The Morgan fingerprint density at radius 2 is 1.75 bits per heavy atom. The Bertz CT molecular complexity index is 823. The van der Waals surface area contributed by atoms with E-state index in [-0.39, 0.29) is 11.4 Å². The van der Waals surface area contributed by atoms with Crippen molar-refractivity contribution >= 4 is 20.9 Å². The Morgan fingerprint density at radius 1 is 0.950 bits per heavy atom. The maximum Gasteiger partial charge on any atom is 0.240 e. The van der Waals surface area contributed by atoms with E-state index in [1.807, 2.05) is 30.5 Å². The van der Waals surface area contributed by atoms with Crippen LogP contribution in [0.25, 0.3) is 10.9 Å². The Hall–Kier alpha value is -2.11. The van der Waals surface area contributed by atoms with Crippen LogP contribution in [0.5, 0.6) is 0 Å². The molecule has 0 aliphatic carbocycles. The average molecular weight is 286 g/mol. The highest BCUT2D eigenvalue weighted by atomic mass is 32.2. The topological polar surface area (TPSA) is 62.0 Å². The molecule has 0 saturated heterocycles. The molecule has 4 nitrogen and oxygen atoms in total. The number of H-pyrrole nitrogens is 1. The predicted octanol–water partition coefficient (Wildman–Crippen LogP) is 2.65. The van der Waals surface area contributed by atoms with E-state index in [0.29, 0.717) is 0 Å². The quantitative estimate of drug-likeness (QED) is 0.774. The Balaban J connectivity index is 1.85. The monoisotopic (exact) mass is 286 g/mol. The van der Waals surface area contributed by atoms with Crippen molar-refractivity contribution in [2.45, 2.75) is 11.4 Å². The van der Waals surface area contributed by atoms with Gasteiger partial charge < -0.3 is 4.98 Å². The molecule has 20 heavy (non-hydrogen) atoms. The van der Waals surface area contributed by atoms with Gasteiger partial charge in [-0.3, -0.25) is 0 Å². The Kier molecular flexibility index (Phi) is 3.30. The normalized spacial score (nSPS) is 11.8. The molecule has 3 rings (SSSR count). The standard InChI is InChI=1S/C15H14N2O2S/c18-20(19,13-6-2-1-3-7-13)17-11-12-5-4-8-15-14(12)9-10-16-15/h1-10,16-17H,11H2. The van der Waals surface area contributed by atoms with Crippen LogP contribution in [0.1, 0.15) is 5.56 Å². The van der Waals surface area contributed by atoms with Gasteiger partial charge in [0.05, 0.1) is 4.90 Å². The number of nitrogens with one attached hydrogen (secondary N) is 2. The number of hydrogen-bond acceptors (Lipinski definition) is 2. The van der Waals surface area contributed by atoms with Crippen molar-refractivity contribution in [2.24, 2.45) is 0 Å². The summed E-state index contributed by atoms with van der Waals surface area (Å²) in [5.74, 6) is 0. The first kappa shape index (κ1) is 12.9. The number of fused-ring (bicyclic) bond motifs is 1. The fourth-order valence-electron chi connectivity index (χ4n) is 2.16. The van der Waals surface area contributed by atoms with Crippen molar-refractivity contribution in [2.75, 3.05) is 0 Å². The molecule has 1 heterocycles. The summed E-state index contributed by atoms with van der Waals surface area (Å²) >= 11 is 0.